The van der Waals surface area contributed by atoms with E-state index in [2.05, 4.69) is 5.43 Å². The van der Waals surface area contributed by atoms with E-state index in [1.165, 1.54) is 0 Å². The Morgan fingerprint density at radius 3 is 2.20 bits per heavy atom. The van der Waals surface area contributed by atoms with Crippen LogP contribution in [0.5, 0.6) is 11.5 Å². The molecule has 0 aliphatic carbocycles. The first-order valence-corrected chi connectivity index (χ1v) is 4.89. The molecule has 0 saturated carbocycles. The molecule has 1 aromatic carbocycles. The monoisotopic (exact) mass is 210 g/mol. The smallest absolute Gasteiger partial charge is 0.125 e. The second-order valence-electron chi connectivity index (χ2n) is 3.41. The van der Waals surface area contributed by atoms with Gasteiger partial charge in [-0.2, -0.15) is 0 Å². The highest BCUT2D eigenvalue weighted by molar-refractivity contribution is 5.45. The molecule has 84 valence electrons. The maximum absolute atomic E-state index is 5.37. The molecule has 1 unspecified atom stereocenters. The number of hydrazine groups is 1. The molecule has 4 heteroatoms. The Hall–Kier alpha value is -1.26. The number of nitrogens with two attached hydrogens (primary N) is 1. The molecule has 0 aromatic heterocycles. The molecule has 0 saturated heterocycles. The average Bonchev–Trinajstić information content (AvgIpc) is 2.29. The van der Waals surface area contributed by atoms with Crippen molar-refractivity contribution < 1.29 is 9.47 Å². The lowest BCUT2D eigenvalue weighted by molar-refractivity contribution is 0.380. The Kier molecular flexibility index (Phi) is 4.39. The molecule has 0 heterocycles. The van der Waals surface area contributed by atoms with Crippen LogP contribution in [0.25, 0.3) is 0 Å². The maximum atomic E-state index is 5.37. The van der Waals surface area contributed by atoms with Gasteiger partial charge in [-0.15, -0.1) is 0 Å². The summed E-state index contributed by atoms with van der Waals surface area (Å²) in [6.45, 7) is 2.01. The van der Waals surface area contributed by atoms with Crippen LogP contribution in [0.15, 0.2) is 18.2 Å². The number of benzene rings is 1. The van der Waals surface area contributed by atoms with Crippen LogP contribution in [0, 0.1) is 0 Å². The largest absolute Gasteiger partial charge is 0.496 e. The predicted molar refractivity (Wildman–Crippen MR) is 60.0 cm³/mol. The number of methoxy groups -OCH3 is 2. The fourth-order valence-electron chi connectivity index (χ4n) is 1.49. The molecule has 15 heavy (non-hydrogen) atoms. The van der Waals surface area contributed by atoms with Gasteiger partial charge >= 0.3 is 0 Å². The first-order chi connectivity index (χ1) is 7.22. The van der Waals surface area contributed by atoms with Crippen molar-refractivity contribution in [1.29, 1.82) is 0 Å². The van der Waals surface area contributed by atoms with E-state index in [1.807, 2.05) is 25.1 Å². The zero-order chi connectivity index (χ0) is 11.3. The van der Waals surface area contributed by atoms with Crippen molar-refractivity contribution in [2.24, 2.45) is 5.84 Å². The molecule has 0 fully saturated rings. The molecule has 4 nitrogen and oxygen atoms in total. The number of nitrogens with one attached hydrogen (secondary N) is 1. The van der Waals surface area contributed by atoms with Gasteiger partial charge in [-0.05, 0) is 25.5 Å². The molecule has 0 aliphatic heterocycles. The SMILES string of the molecule is COc1cccc(OC)c1CC(C)NN. The van der Waals surface area contributed by atoms with Crippen LogP contribution in [0.1, 0.15) is 12.5 Å². The second kappa shape index (κ2) is 5.58. The summed E-state index contributed by atoms with van der Waals surface area (Å²) >= 11 is 0. The number of rotatable bonds is 5. The molecule has 1 atom stereocenters. The molecule has 3 N–H and O–H groups in total. The van der Waals surface area contributed by atoms with Crippen LogP contribution in [-0.4, -0.2) is 20.3 Å². The van der Waals surface area contributed by atoms with Crippen LogP contribution in [0.3, 0.4) is 0 Å². The van der Waals surface area contributed by atoms with Crippen LogP contribution in [0.2, 0.25) is 0 Å². The van der Waals surface area contributed by atoms with Gasteiger partial charge in [0.15, 0.2) is 0 Å². The summed E-state index contributed by atoms with van der Waals surface area (Å²) in [6.07, 6.45) is 0.768. The van der Waals surface area contributed by atoms with Gasteiger partial charge in [0.2, 0.25) is 0 Å². The Morgan fingerprint density at radius 2 is 1.80 bits per heavy atom. The van der Waals surface area contributed by atoms with Crippen molar-refractivity contribution in [3.63, 3.8) is 0 Å². The average molecular weight is 210 g/mol. The Bertz CT molecular complexity index is 293. The summed E-state index contributed by atoms with van der Waals surface area (Å²) < 4.78 is 10.6. The number of hydrogen-bond acceptors (Lipinski definition) is 4. The summed E-state index contributed by atoms with van der Waals surface area (Å²) in [5.74, 6) is 7.03. The van der Waals surface area contributed by atoms with E-state index in [4.69, 9.17) is 15.3 Å². The molecule has 1 rings (SSSR count). The van der Waals surface area contributed by atoms with Crippen molar-refractivity contribution in [3.8, 4) is 11.5 Å². The molecule has 0 radical (unpaired) electrons. The Balaban J connectivity index is 2.99. The summed E-state index contributed by atoms with van der Waals surface area (Å²) in [5, 5.41) is 0. The third kappa shape index (κ3) is 2.84. The topological polar surface area (TPSA) is 56.5 Å². The van der Waals surface area contributed by atoms with Gasteiger partial charge in [-0.1, -0.05) is 6.07 Å². The van der Waals surface area contributed by atoms with Gasteiger partial charge in [0.05, 0.1) is 14.2 Å². The van der Waals surface area contributed by atoms with Crippen LogP contribution >= 0.6 is 0 Å². The van der Waals surface area contributed by atoms with Gasteiger partial charge in [-0.25, -0.2) is 0 Å². The van der Waals surface area contributed by atoms with E-state index in [1.54, 1.807) is 14.2 Å². The van der Waals surface area contributed by atoms with E-state index in [-0.39, 0.29) is 6.04 Å². The minimum absolute atomic E-state index is 0.176. The normalized spacial score (nSPS) is 12.3. The fourth-order valence-corrected chi connectivity index (χ4v) is 1.49. The zero-order valence-corrected chi connectivity index (χ0v) is 9.41. The van der Waals surface area contributed by atoms with Crippen molar-refractivity contribution in [3.05, 3.63) is 23.8 Å². The van der Waals surface area contributed by atoms with Crippen molar-refractivity contribution in [1.82, 2.24) is 5.43 Å². The molecule has 0 amide bonds. The third-order valence-electron chi connectivity index (χ3n) is 2.32. The first kappa shape index (κ1) is 11.8. The van der Waals surface area contributed by atoms with E-state index in [0.29, 0.717) is 0 Å². The zero-order valence-electron chi connectivity index (χ0n) is 9.41. The van der Waals surface area contributed by atoms with Gasteiger partial charge in [0, 0.05) is 11.6 Å². The number of hydrogen-bond donors (Lipinski definition) is 2. The van der Waals surface area contributed by atoms with Crippen molar-refractivity contribution in [2.45, 2.75) is 19.4 Å². The van der Waals surface area contributed by atoms with Gasteiger partial charge in [0.25, 0.3) is 0 Å². The lowest BCUT2D eigenvalue weighted by Gasteiger charge is -2.16. The van der Waals surface area contributed by atoms with Gasteiger partial charge in [-0.3, -0.25) is 11.3 Å². The maximum Gasteiger partial charge on any atom is 0.125 e. The highest BCUT2D eigenvalue weighted by Crippen LogP contribution is 2.29. The molecule has 0 spiro atoms. The predicted octanol–water partition coefficient (Wildman–Crippen LogP) is 1.10. The second-order valence-corrected chi connectivity index (χ2v) is 3.41. The summed E-state index contributed by atoms with van der Waals surface area (Å²) in [7, 11) is 3.30. The molecule has 0 bridgehead atoms. The highest BCUT2D eigenvalue weighted by Gasteiger charge is 2.12. The quantitative estimate of drug-likeness (QED) is 0.564. The molecule has 0 aliphatic rings. The fraction of sp³-hybridized carbons (Fsp3) is 0.455. The minimum atomic E-state index is 0.176. The van der Waals surface area contributed by atoms with E-state index in [0.717, 1.165) is 23.5 Å². The summed E-state index contributed by atoms with van der Waals surface area (Å²) in [6, 6.07) is 5.92. The van der Waals surface area contributed by atoms with Crippen molar-refractivity contribution in [2.75, 3.05) is 14.2 Å². The van der Waals surface area contributed by atoms with E-state index >= 15 is 0 Å². The molecular formula is C11H18N2O2. The van der Waals surface area contributed by atoms with Crippen LogP contribution < -0.4 is 20.7 Å². The molecule has 1 aromatic rings. The highest BCUT2D eigenvalue weighted by atomic mass is 16.5. The Morgan fingerprint density at radius 1 is 1.27 bits per heavy atom. The van der Waals surface area contributed by atoms with Gasteiger partial charge in [0.1, 0.15) is 11.5 Å². The lowest BCUT2D eigenvalue weighted by Crippen LogP contribution is -2.34. The number of ether oxygens (including phenoxy) is 2. The van der Waals surface area contributed by atoms with E-state index < -0.39 is 0 Å². The third-order valence-corrected chi connectivity index (χ3v) is 2.32. The van der Waals surface area contributed by atoms with Gasteiger partial charge < -0.3 is 9.47 Å². The summed E-state index contributed by atoms with van der Waals surface area (Å²) in [5.41, 5.74) is 3.74. The van der Waals surface area contributed by atoms with Crippen molar-refractivity contribution >= 4 is 0 Å². The summed E-state index contributed by atoms with van der Waals surface area (Å²) in [4.78, 5) is 0. The van der Waals surface area contributed by atoms with E-state index in [9.17, 15) is 0 Å². The molecular weight excluding hydrogens is 192 g/mol. The minimum Gasteiger partial charge on any atom is -0.496 e. The lowest BCUT2D eigenvalue weighted by atomic mass is 10.1. The standard InChI is InChI=1S/C11H18N2O2/c1-8(13-12)7-9-10(14-2)5-4-6-11(9)15-3/h4-6,8,13H,7,12H2,1-3H3. The van der Waals surface area contributed by atoms with Crippen LogP contribution in [-0.2, 0) is 6.42 Å². The first-order valence-electron chi connectivity index (χ1n) is 4.89. The van der Waals surface area contributed by atoms with Crippen LogP contribution in [0.4, 0.5) is 0 Å². The Labute approximate surface area is 90.3 Å².